The number of aromatic nitrogens is 3. The molecule has 0 spiro atoms. The second-order valence-electron chi connectivity index (χ2n) is 4.74. The van der Waals surface area contributed by atoms with Crippen molar-refractivity contribution >= 4 is 11.3 Å². The van der Waals surface area contributed by atoms with Crippen molar-refractivity contribution in [3.8, 4) is 10.7 Å². The van der Waals surface area contributed by atoms with E-state index in [0.29, 0.717) is 16.4 Å². The molecule has 0 N–H and O–H groups in total. The Morgan fingerprint density at radius 1 is 1.17 bits per heavy atom. The van der Waals surface area contributed by atoms with E-state index in [1.54, 1.807) is 23.7 Å². The van der Waals surface area contributed by atoms with Crippen LogP contribution in [0.15, 0.2) is 52.9 Å². The Labute approximate surface area is 132 Å². The number of thiazole rings is 1. The standard InChI is InChI=1S/C15H10F3N3OS/c16-15(17,18)10-4-5-13(22)21(7-10)8-11-9-23-14(20-11)12-3-1-2-6-19-12/h1-7,9H,8H2. The molecular weight excluding hydrogens is 327 g/mol. The van der Waals surface area contributed by atoms with Gasteiger partial charge < -0.3 is 4.57 Å². The van der Waals surface area contributed by atoms with E-state index in [2.05, 4.69) is 9.97 Å². The smallest absolute Gasteiger partial charge is 0.309 e. The van der Waals surface area contributed by atoms with Crippen LogP contribution in [0.5, 0.6) is 0 Å². The van der Waals surface area contributed by atoms with Crippen molar-refractivity contribution in [3.05, 3.63) is 69.7 Å². The molecule has 0 aliphatic carbocycles. The maximum Gasteiger partial charge on any atom is 0.417 e. The molecule has 0 saturated carbocycles. The van der Waals surface area contributed by atoms with Gasteiger partial charge in [-0.3, -0.25) is 9.78 Å². The number of halogens is 3. The van der Waals surface area contributed by atoms with Crippen molar-refractivity contribution in [1.29, 1.82) is 0 Å². The maximum atomic E-state index is 12.7. The summed E-state index contributed by atoms with van der Waals surface area (Å²) in [4.78, 5) is 20.2. The summed E-state index contributed by atoms with van der Waals surface area (Å²) in [5.74, 6) is 0. The van der Waals surface area contributed by atoms with Gasteiger partial charge in [0.05, 0.1) is 23.5 Å². The molecule has 3 heterocycles. The normalized spacial score (nSPS) is 11.6. The van der Waals surface area contributed by atoms with Crippen molar-refractivity contribution < 1.29 is 13.2 Å². The Morgan fingerprint density at radius 3 is 2.70 bits per heavy atom. The number of nitrogens with zero attached hydrogens (tertiary/aromatic N) is 3. The van der Waals surface area contributed by atoms with Crippen LogP contribution >= 0.6 is 11.3 Å². The van der Waals surface area contributed by atoms with Gasteiger partial charge in [-0.25, -0.2) is 4.98 Å². The SMILES string of the molecule is O=c1ccc(C(F)(F)F)cn1Cc1csc(-c2ccccn2)n1. The summed E-state index contributed by atoms with van der Waals surface area (Å²) < 4.78 is 39.2. The molecule has 0 aliphatic rings. The fourth-order valence-corrected chi connectivity index (χ4v) is 2.77. The van der Waals surface area contributed by atoms with Gasteiger partial charge >= 0.3 is 6.18 Å². The van der Waals surface area contributed by atoms with Crippen molar-refractivity contribution in [2.45, 2.75) is 12.7 Å². The first-order chi connectivity index (χ1) is 10.9. The Morgan fingerprint density at radius 2 is 2.00 bits per heavy atom. The largest absolute Gasteiger partial charge is 0.417 e. The van der Waals surface area contributed by atoms with E-state index >= 15 is 0 Å². The molecule has 3 aromatic heterocycles. The van der Waals surface area contributed by atoms with Crippen LogP contribution in [0.25, 0.3) is 10.7 Å². The van der Waals surface area contributed by atoms with Crippen molar-refractivity contribution in [1.82, 2.24) is 14.5 Å². The zero-order valence-electron chi connectivity index (χ0n) is 11.6. The summed E-state index contributed by atoms with van der Waals surface area (Å²) in [5.41, 5.74) is -0.181. The van der Waals surface area contributed by atoms with Crippen LogP contribution in [0.3, 0.4) is 0 Å². The lowest BCUT2D eigenvalue weighted by molar-refractivity contribution is -0.138. The van der Waals surface area contributed by atoms with E-state index in [9.17, 15) is 18.0 Å². The second kappa shape index (κ2) is 5.96. The number of pyridine rings is 2. The van der Waals surface area contributed by atoms with Gasteiger partial charge in [0.1, 0.15) is 5.01 Å². The Balaban J connectivity index is 1.89. The van der Waals surface area contributed by atoms with Gasteiger partial charge in [0.15, 0.2) is 0 Å². The third-order valence-corrected chi connectivity index (χ3v) is 3.99. The minimum absolute atomic E-state index is 0.0217. The van der Waals surface area contributed by atoms with Gasteiger partial charge in [-0.05, 0) is 18.2 Å². The highest BCUT2D eigenvalue weighted by atomic mass is 32.1. The topological polar surface area (TPSA) is 47.8 Å². The Kier molecular flexibility index (Phi) is 3.99. The van der Waals surface area contributed by atoms with Gasteiger partial charge in [-0.2, -0.15) is 13.2 Å². The number of hydrogen-bond acceptors (Lipinski definition) is 4. The van der Waals surface area contributed by atoms with Crippen molar-refractivity contribution in [2.75, 3.05) is 0 Å². The van der Waals surface area contributed by atoms with Gasteiger partial charge in [0, 0.05) is 23.8 Å². The van der Waals surface area contributed by atoms with Crippen LogP contribution in [-0.2, 0) is 12.7 Å². The van der Waals surface area contributed by atoms with Crippen LogP contribution < -0.4 is 5.56 Å². The molecular formula is C15H10F3N3OS. The predicted octanol–water partition coefficient (Wildman–Crippen LogP) is 3.43. The monoisotopic (exact) mass is 337 g/mol. The molecule has 4 nitrogen and oxygen atoms in total. The molecule has 0 unspecified atom stereocenters. The average molecular weight is 337 g/mol. The number of rotatable bonds is 3. The molecule has 0 fully saturated rings. The van der Waals surface area contributed by atoms with E-state index in [4.69, 9.17) is 0 Å². The summed E-state index contributed by atoms with van der Waals surface area (Å²) in [5, 5.41) is 2.36. The van der Waals surface area contributed by atoms with E-state index in [1.807, 2.05) is 6.07 Å². The van der Waals surface area contributed by atoms with Crippen LogP contribution in [0.2, 0.25) is 0 Å². The lowest BCUT2D eigenvalue weighted by Crippen LogP contribution is -2.22. The zero-order chi connectivity index (χ0) is 16.4. The van der Waals surface area contributed by atoms with Crippen LogP contribution in [0, 0.1) is 0 Å². The minimum atomic E-state index is -4.49. The van der Waals surface area contributed by atoms with E-state index in [1.165, 1.54) is 11.3 Å². The number of alkyl halides is 3. The van der Waals surface area contributed by atoms with E-state index in [-0.39, 0.29) is 6.54 Å². The van der Waals surface area contributed by atoms with Gasteiger partial charge in [-0.1, -0.05) is 6.07 Å². The molecule has 23 heavy (non-hydrogen) atoms. The third-order valence-electron chi connectivity index (χ3n) is 3.08. The molecule has 8 heteroatoms. The maximum absolute atomic E-state index is 12.7. The lowest BCUT2D eigenvalue weighted by Gasteiger charge is -2.09. The summed E-state index contributed by atoms with van der Waals surface area (Å²) in [6.45, 7) is -0.0217. The second-order valence-corrected chi connectivity index (χ2v) is 5.60. The predicted molar refractivity (Wildman–Crippen MR) is 80.2 cm³/mol. The molecule has 0 saturated heterocycles. The quantitative estimate of drug-likeness (QED) is 0.736. The molecule has 3 rings (SSSR count). The molecule has 0 bridgehead atoms. The summed E-state index contributed by atoms with van der Waals surface area (Å²) >= 11 is 1.33. The van der Waals surface area contributed by atoms with E-state index in [0.717, 1.165) is 22.9 Å². The first-order valence-corrected chi connectivity index (χ1v) is 7.45. The summed E-state index contributed by atoms with van der Waals surface area (Å²) in [6.07, 6.45) is -2.05. The molecule has 0 aliphatic heterocycles. The number of hydrogen-bond donors (Lipinski definition) is 0. The van der Waals surface area contributed by atoms with Crippen LogP contribution in [0.4, 0.5) is 13.2 Å². The highest BCUT2D eigenvalue weighted by Gasteiger charge is 2.31. The fourth-order valence-electron chi connectivity index (χ4n) is 1.98. The molecule has 3 aromatic rings. The van der Waals surface area contributed by atoms with Gasteiger partial charge in [-0.15, -0.1) is 11.3 Å². The molecule has 0 amide bonds. The average Bonchev–Trinajstić information content (AvgIpc) is 2.98. The first kappa shape index (κ1) is 15.4. The first-order valence-electron chi connectivity index (χ1n) is 6.57. The Hall–Kier alpha value is -2.48. The van der Waals surface area contributed by atoms with E-state index < -0.39 is 17.3 Å². The van der Waals surface area contributed by atoms with Crippen molar-refractivity contribution in [2.24, 2.45) is 0 Å². The summed E-state index contributed by atoms with van der Waals surface area (Å²) in [7, 11) is 0. The highest BCUT2D eigenvalue weighted by Crippen LogP contribution is 2.28. The highest BCUT2D eigenvalue weighted by molar-refractivity contribution is 7.13. The lowest BCUT2D eigenvalue weighted by atomic mass is 10.2. The minimum Gasteiger partial charge on any atom is -0.309 e. The Bertz CT molecular complexity index is 871. The van der Waals surface area contributed by atoms with Crippen LogP contribution in [0.1, 0.15) is 11.3 Å². The zero-order valence-corrected chi connectivity index (χ0v) is 12.4. The molecule has 118 valence electrons. The third kappa shape index (κ3) is 3.48. The fraction of sp³-hybridized carbons (Fsp3) is 0.133. The van der Waals surface area contributed by atoms with Crippen molar-refractivity contribution in [3.63, 3.8) is 0 Å². The molecule has 0 aromatic carbocycles. The summed E-state index contributed by atoms with van der Waals surface area (Å²) in [6, 6.07) is 7.08. The van der Waals surface area contributed by atoms with Crippen LogP contribution in [-0.4, -0.2) is 14.5 Å². The van der Waals surface area contributed by atoms with Gasteiger partial charge in [0.2, 0.25) is 0 Å². The van der Waals surface area contributed by atoms with Gasteiger partial charge in [0.25, 0.3) is 5.56 Å². The molecule has 0 atom stereocenters. The molecule has 0 radical (unpaired) electrons.